The van der Waals surface area contributed by atoms with E-state index < -0.39 is 18.0 Å². The Morgan fingerprint density at radius 2 is 1.90 bits per heavy atom. The van der Waals surface area contributed by atoms with Crippen molar-refractivity contribution in [2.45, 2.75) is 26.3 Å². The van der Waals surface area contributed by atoms with Crippen molar-refractivity contribution in [2.24, 2.45) is 0 Å². The normalized spacial score (nSPS) is 17.6. The molecule has 31 heavy (non-hydrogen) atoms. The van der Waals surface area contributed by atoms with Crippen LogP contribution in [-0.2, 0) is 25.5 Å². The van der Waals surface area contributed by atoms with E-state index in [2.05, 4.69) is 10.6 Å². The highest BCUT2D eigenvalue weighted by Gasteiger charge is 2.41. The Labute approximate surface area is 180 Å². The van der Waals surface area contributed by atoms with Crippen LogP contribution in [0.5, 0.6) is 0 Å². The van der Waals surface area contributed by atoms with Crippen molar-refractivity contribution in [2.75, 3.05) is 18.5 Å². The fourth-order valence-corrected chi connectivity index (χ4v) is 3.82. The number of ether oxygens (including phenoxy) is 3. The third-order valence-electron chi connectivity index (χ3n) is 5.20. The van der Waals surface area contributed by atoms with Gasteiger partial charge in [0.05, 0.1) is 29.5 Å². The monoisotopic (exact) mass is 420 g/mol. The van der Waals surface area contributed by atoms with Gasteiger partial charge in [0.15, 0.2) is 0 Å². The fourth-order valence-electron chi connectivity index (χ4n) is 3.82. The van der Waals surface area contributed by atoms with Gasteiger partial charge in [-0.2, -0.15) is 0 Å². The maximum atomic E-state index is 12.6. The first-order chi connectivity index (χ1) is 15.1. The predicted molar refractivity (Wildman–Crippen MR) is 115 cm³/mol. The summed E-state index contributed by atoms with van der Waals surface area (Å²) in [5, 5.41) is 6.59. The SMILES string of the molecule is CCOC(=O)OC1=C(C)NC2=C(C(=O)OC2)C1c1ccccc1NCc1ccccc1. The summed E-state index contributed by atoms with van der Waals surface area (Å²) in [5.41, 5.74) is 4.53. The van der Waals surface area contributed by atoms with Gasteiger partial charge >= 0.3 is 12.1 Å². The zero-order valence-corrected chi connectivity index (χ0v) is 17.4. The molecule has 0 aromatic heterocycles. The second-order valence-corrected chi connectivity index (χ2v) is 7.23. The van der Waals surface area contributed by atoms with Crippen molar-refractivity contribution in [1.82, 2.24) is 5.32 Å². The number of rotatable bonds is 6. The molecule has 2 aliphatic rings. The molecule has 2 aromatic carbocycles. The maximum absolute atomic E-state index is 12.6. The number of allylic oxidation sites excluding steroid dienone is 2. The number of carbonyl (C=O) groups excluding carboxylic acids is 2. The second-order valence-electron chi connectivity index (χ2n) is 7.23. The van der Waals surface area contributed by atoms with Gasteiger partial charge in [-0.25, -0.2) is 9.59 Å². The quantitative estimate of drug-likeness (QED) is 0.678. The molecule has 0 spiro atoms. The van der Waals surface area contributed by atoms with Gasteiger partial charge in [0.2, 0.25) is 0 Å². The first-order valence-corrected chi connectivity index (χ1v) is 10.2. The molecule has 0 amide bonds. The molecule has 0 aliphatic carbocycles. The molecule has 7 nitrogen and oxygen atoms in total. The minimum Gasteiger partial charge on any atom is -0.456 e. The molecule has 2 aromatic rings. The van der Waals surface area contributed by atoms with Crippen molar-refractivity contribution in [1.29, 1.82) is 0 Å². The zero-order chi connectivity index (χ0) is 21.8. The Morgan fingerprint density at radius 1 is 1.16 bits per heavy atom. The van der Waals surface area contributed by atoms with Crippen molar-refractivity contribution in [3.63, 3.8) is 0 Å². The molecule has 0 saturated heterocycles. The number of para-hydroxylation sites is 1. The minimum absolute atomic E-state index is 0.161. The number of carbonyl (C=O) groups is 2. The van der Waals surface area contributed by atoms with E-state index in [1.807, 2.05) is 54.6 Å². The molecule has 2 N–H and O–H groups in total. The van der Waals surface area contributed by atoms with Crippen molar-refractivity contribution < 1.29 is 23.8 Å². The van der Waals surface area contributed by atoms with Crippen LogP contribution in [0.15, 0.2) is 77.3 Å². The molecule has 0 saturated carbocycles. The number of dihydropyridines is 1. The molecule has 4 rings (SSSR count). The molecule has 7 heteroatoms. The number of anilines is 1. The van der Waals surface area contributed by atoms with Crippen LogP contribution in [0.2, 0.25) is 0 Å². The Kier molecular flexibility index (Phi) is 5.93. The summed E-state index contributed by atoms with van der Waals surface area (Å²) in [6.07, 6.45) is -0.811. The van der Waals surface area contributed by atoms with Crippen molar-refractivity contribution >= 4 is 17.8 Å². The summed E-state index contributed by atoms with van der Waals surface area (Å²) >= 11 is 0. The van der Waals surface area contributed by atoms with Crippen LogP contribution in [0.1, 0.15) is 30.9 Å². The molecule has 0 radical (unpaired) electrons. The Morgan fingerprint density at radius 3 is 2.68 bits per heavy atom. The van der Waals surface area contributed by atoms with Crippen molar-refractivity contribution in [3.8, 4) is 0 Å². The second kappa shape index (κ2) is 8.95. The molecule has 0 bridgehead atoms. The number of esters is 1. The third-order valence-corrected chi connectivity index (χ3v) is 5.20. The molecule has 2 aliphatic heterocycles. The van der Waals surface area contributed by atoms with E-state index in [0.29, 0.717) is 29.3 Å². The summed E-state index contributed by atoms with van der Waals surface area (Å²) in [7, 11) is 0. The van der Waals surface area contributed by atoms with Crippen molar-refractivity contribution in [3.05, 3.63) is 88.5 Å². The van der Waals surface area contributed by atoms with Crippen LogP contribution in [0, 0.1) is 0 Å². The van der Waals surface area contributed by atoms with Gasteiger partial charge in [0, 0.05) is 12.2 Å². The molecule has 1 atom stereocenters. The summed E-state index contributed by atoms with van der Waals surface area (Å²) < 4.78 is 15.8. The van der Waals surface area contributed by atoms with Gasteiger partial charge < -0.3 is 24.8 Å². The van der Waals surface area contributed by atoms with Crippen LogP contribution in [0.4, 0.5) is 10.5 Å². The smallest absolute Gasteiger partial charge is 0.456 e. The largest absolute Gasteiger partial charge is 0.513 e. The van der Waals surface area contributed by atoms with Gasteiger partial charge in [-0.15, -0.1) is 0 Å². The zero-order valence-electron chi connectivity index (χ0n) is 17.4. The predicted octanol–water partition coefficient (Wildman–Crippen LogP) is 4.20. The number of benzene rings is 2. The van der Waals surface area contributed by atoms with Crippen LogP contribution in [0.25, 0.3) is 0 Å². The summed E-state index contributed by atoms with van der Waals surface area (Å²) in [5.74, 6) is -0.706. The maximum Gasteiger partial charge on any atom is 0.513 e. The standard InChI is InChI=1S/C24H24N2O5/c1-3-29-24(28)31-22-15(2)26-19-14-30-23(27)21(19)20(22)17-11-7-8-12-18(17)25-13-16-9-5-4-6-10-16/h4-12,20,25-26H,3,13-14H2,1-2H3. The van der Waals surface area contributed by atoms with Gasteiger partial charge in [-0.05, 0) is 31.0 Å². The number of hydrogen-bond donors (Lipinski definition) is 2. The number of hydrogen-bond acceptors (Lipinski definition) is 7. The van der Waals surface area contributed by atoms with Crippen LogP contribution < -0.4 is 10.6 Å². The lowest BCUT2D eigenvalue weighted by atomic mass is 9.84. The van der Waals surface area contributed by atoms with E-state index in [1.165, 1.54) is 0 Å². The van der Waals surface area contributed by atoms with E-state index in [-0.39, 0.29) is 13.2 Å². The topological polar surface area (TPSA) is 85.9 Å². The minimum atomic E-state index is -0.811. The molecule has 160 valence electrons. The first kappa shape index (κ1) is 20.5. The van der Waals surface area contributed by atoms with Gasteiger partial charge in [-0.3, -0.25) is 0 Å². The Balaban J connectivity index is 1.72. The lowest BCUT2D eigenvalue weighted by Gasteiger charge is -2.29. The van der Waals surface area contributed by atoms with Crippen LogP contribution in [-0.4, -0.2) is 25.3 Å². The Bertz CT molecular complexity index is 1060. The summed E-state index contributed by atoms with van der Waals surface area (Å²) in [6.45, 7) is 4.46. The highest BCUT2D eigenvalue weighted by Crippen LogP contribution is 2.43. The summed E-state index contributed by atoms with van der Waals surface area (Å²) in [6, 6.07) is 17.7. The van der Waals surface area contributed by atoms with E-state index in [0.717, 1.165) is 16.8 Å². The number of nitrogens with one attached hydrogen (secondary N) is 2. The fraction of sp³-hybridized carbons (Fsp3) is 0.250. The third kappa shape index (κ3) is 4.26. The summed E-state index contributed by atoms with van der Waals surface area (Å²) in [4.78, 5) is 24.8. The number of cyclic esters (lactones) is 1. The van der Waals surface area contributed by atoms with E-state index in [4.69, 9.17) is 14.2 Å². The average molecular weight is 420 g/mol. The first-order valence-electron chi connectivity index (χ1n) is 10.2. The highest BCUT2D eigenvalue weighted by atomic mass is 16.7. The molecule has 0 fully saturated rings. The average Bonchev–Trinajstić information content (AvgIpc) is 3.14. The molecular weight excluding hydrogens is 396 g/mol. The lowest BCUT2D eigenvalue weighted by molar-refractivity contribution is -0.136. The molecule has 2 heterocycles. The van der Waals surface area contributed by atoms with Crippen LogP contribution in [0.3, 0.4) is 0 Å². The highest BCUT2D eigenvalue weighted by molar-refractivity contribution is 5.95. The van der Waals surface area contributed by atoms with E-state index >= 15 is 0 Å². The van der Waals surface area contributed by atoms with E-state index in [1.54, 1.807) is 13.8 Å². The molecule has 1 unspecified atom stereocenters. The van der Waals surface area contributed by atoms with Gasteiger partial charge in [0.1, 0.15) is 12.4 Å². The Hall–Kier alpha value is -3.74. The van der Waals surface area contributed by atoms with E-state index in [9.17, 15) is 9.59 Å². The van der Waals surface area contributed by atoms with Gasteiger partial charge in [0.25, 0.3) is 0 Å². The van der Waals surface area contributed by atoms with Gasteiger partial charge in [-0.1, -0.05) is 48.5 Å². The van der Waals surface area contributed by atoms with Crippen LogP contribution >= 0.6 is 0 Å². The molecular formula is C24H24N2O5. The lowest BCUT2D eigenvalue weighted by Crippen LogP contribution is -2.28.